The van der Waals surface area contributed by atoms with Crippen molar-refractivity contribution in [2.45, 2.75) is 45.6 Å². The summed E-state index contributed by atoms with van der Waals surface area (Å²) < 4.78 is 40.9. The summed E-state index contributed by atoms with van der Waals surface area (Å²) >= 11 is 6.10. The van der Waals surface area contributed by atoms with Crippen molar-refractivity contribution in [3.63, 3.8) is 0 Å². The Labute approximate surface area is 214 Å². The highest BCUT2D eigenvalue weighted by Gasteiger charge is 2.34. The fourth-order valence-electron chi connectivity index (χ4n) is 4.89. The number of anilines is 1. The van der Waals surface area contributed by atoms with Gasteiger partial charge in [0.1, 0.15) is 5.82 Å². The van der Waals surface area contributed by atoms with Gasteiger partial charge in [0.2, 0.25) is 10.0 Å². The Morgan fingerprint density at radius 3 is 2.56 bits per heavy atom. The summed E-state index contributed by atoms with van der Waals surface area (Å²) in [5.41, 5.74) is 1.97. The molecule has 0 saturated carbocycles. The van der Waals surface area contributed by atoms with Crippen LogP contribution < -0.4 is 4.31 Å². The average molecular weight is 539 g/mol. The maximum absolute atomic E-state index is 15.0. The molecule has 0 amide bonds. The summed E-state index contributed by atoms with van der Waals surface area (Å²) in [6.45, 7) is 3.84. The Hall–Kier alpha value is -2.69. The van der Waals surface area contributed by atoms with Crippen molar-refractivity contribution in [3.05, 3.63) is 63.2 Å². The van der Waals surface area contributed by atoms with E-state index in [4.69, 9.17) is 11.6 Å². The molecule has 0 spiro atoms. The first kappa shape index (κ1) is 26.4. The molecular weight excluding hydrogens is 511 g/mol. The lowest BCUT2D eigenvalue weighted by molar-refractivity contribution is -0.132. The highest BCUT2D eigenvalue weighted by atomic mass is 35.5. The van der Waals surface area contributed by atoms with Crippen LogP contribution in [-0.2, 0) is 26.0 Å². The third-order valence-corrected chi connectivity index (χ3v) is 8.98. The Balaban J connectivity index is 1.72. The quantitative estimate of drug-likeness (QED) is 0.546. The fourth-order valence-corrected chi connectivity index (χ4v) is 6.68. The van der Waals surface area contributed by atoms with E-state index in [1.165, 1.54) is 22.6 Å². The van der Waals surface area contributed by atoms with Crippen LogP contribution in [0.15, 0.2) is 46.8 Å². The number of sulfonamides is 1. The van der Waals surface area contributed by atoms with Crippen LogP contribution in [0.25, 0.3) is 0 Å². The lowest BCUT2D eigenvalue weighted by Crippen LogP contribution is -2.41. The third-order valence-electron chi connectivity index (χ3n) is 6.84. The summed E-state index contributed by atoms with van der Waals surface area (Å²) in [5, 5.41) is 19.4. The van der Waals surface area contributed by atoms with Gasteiger partial charge in [-0.25, -0.2) is 17.6 Å². The van der Waals surface area contributed by atoms with Gasteiger partial charge in [0, 0.05) is 36.9 Å². The summed E-state index contributed by atoms with van der Waals surface area (Å²) in [5.74, 6) is -2.12. The molecule has 36 heavy (non-hydrogen) atoms. The van der Waals surface area contributed by atoms with Crippen molar-refractivity contribution in [3.8, 4) is 0 Å². The third kappa shape index (κ3) is 4.94. The van der Waals surface area contributed by atoms with Crippen LogP contribution in [0.5, 0.6) is 0 Å². The Bertz CT molecular complexity index is 1320. The zero-order valence-corrected chi connectivity index (χ0v) is 21.6. The number of rotatable bonds is 7. The lowest BCUT2D eigenvalue weighted by Gasteiger charge is -2.39. The van der Waals surface area contributed by atoms with Crippen molar-refractivity contribution >= 4 is 39.1 Å². The van der Waals surface area contributed by atoms with Gasteiger partial charge in [0.25, 0.3) is 0 Å². The van der Waals surface area contributed by atoms with E-state index in [9.17, 15) is 32.6 Å². The number of allylic oxidation sites excluding steroid dienone is 4. The molecule has 2 heterocycles. The maximum Gasteiger partial charge on any atom is 0.333 e. The number of hydrogen-bond donors (Lipinski definition) is 2. The monoisotopic (exact) mass is 538 g/mol. The zero-order valence-electron chi connectivity index (χ0n) is 20.0. The van der Waals surface area contributed by atoms with Gasteiger partial charge in [0.15, 0.2) is 5.78 Å². The number of aliphatic hydroxyl groups excluding tert-OH is 1. The van der Waals surface area contributed by atoms with E-state index in [0.717, 1.165) is 0 Å². The molecule has 3 aliphatic rings. The molecule has 0 aromatic heterocycles. The first-order valence-electron chi connectivity index (χ1n) is 11.7. The zero-order chi connectivity index (χ0) is 26.4. The average Bonchev–Trinajstić information content (AvgIpc) is 3.16. The van der Waals surface area contributed by atoms with Crippen molar-refractivity contribution in [1.29, 1.82) is 0 Å². The largest absolute Gasteiger partial charge is 0.478 e. The van der Waals surface area contributed by atoms with Crippen molar-refractivity contribution < 1.29 is 32.6 Å². The second kappa shape index (κ2) is 9.99. The molecule has 11 heteroatoms. The molecule has 1 aliphatic carbocycles. The van der Waals surface area contributed by atoms with E-state index in [2.05, 4.69) is 0 Å². The number of nitrogens with zero attached hydrogens (tertiary/aromatic N) is 2. The molecule has 0 unspecified atom stereocenters. The Morgan fingerprint density at radius 1 is 1.25 bits per heavy atom. The fraction of sp³-hybridized carbons (Fsp3) is 0.440. The number of aliphatic hydroxyl groups is 1. The van der Waals surface area contributed by atoms with Crippen LogP contribution in [0.2, 0.25) is 5.02 Å². The molecule has 1 atom stereocenters. The first-order chi connectivity index (χ1) is 16.9. The predicted molar refractivity (Wildman–Crippen MR) is 133 cm³/mol. The van der Waals surface area contributed by atoms with E-state index in [1.54, 1.807) is 11.0 Å². The summed E-state index contributed by atoms with van der Waals surface area (Å²) in [4.78, 5) is 26.6. The number of carbonyl (C=O) groups is 2. The number of Topliss-reactive ketones (excluding diaryl/α,β-unsaturated/α-hetero) is 1. The predicted octanol–water partition coefficient (Wildman–Crippen LogP) is 3.41. The molecule has 1 aromatic carbocycles. The summed E-state index contributed by atoms with van der Waals surface area (Å²) in [6.07, 6.45) is 3.46. The van der Waals surface area contributed by atoms with Gasteiger partial charge in [-0.15, -0.1) is 0 Å². The molecule has 0 bridgehead atoms. The highest BCUT2D eigenvalue weighted by Crippen LogP contribution is 2.38. The number of halogens is 2. The molecule has 2 N–H and O–H groups in total. The van der Waals surface area contributed by atoms with Crippen molar-refractivity contribution in [2.24, 2.45) is 5.92 Å². The maximum atomic E-state index is 15.0. The van der Waals surface area contributed by atoms with Gasteiger partial charge < -0.3 is 15.1 Å². The minimum absolute atomic E-state index is 0.000954. The number of benzene rings is 1. The van der Waals surface area contributed by atoms with Gasteiger partial charge in [0.05, 0.1) is 41.1 Å². The number of hydrogen-bond acceptors (Lipinski definition) is 6. The van der Waals surface area contributed by atoms with Gasteiger partial charge in [-0.1, -0.05) is 25.4 Å². The Kier molecular flexibility index (Phi) is 7.32. The van der Waals surface area contributed by atoms with Crippen LogP contribution in [-0.4, -0.2) is 60.2 Å². The molecule has 2 aliphatic heterocycles. The number of carboxylic acid groups (broad SMARTS) is 1. The van der Waals surface area contributed by atoms with Crippen molar-refractivity contribution in [2.75, 3.05) is 23.2 Å². The number of carboxylic acids is 1. The lowest BCUT2D eigenvalue weighted by atomic mass is 9.85. The van der Waals surface area contributed by atoms with E-state index in [-0.39, 0.29) is 77.3 Å². The minimum Gasteiger partial charge on any atom is -0.478 e. The van der Waals surface area contributed by atoms with Crippen LogP contribution in [0.4, 0.5) is 10.1 Å². The summed E-state index contributed by atoms with van der Waals surface area (Å²) in [6, 6.07) is 2.26. The second-order valence-electron chi connectivity index (χ2n) is 9.60. The second-order valence-corrected chi connectivity index (χ2v) is 12.0. The van der Waals surface area contributed by atoms with E-state index < -0.39 is 27.9 Å². The molecular formula is C25H28ClFN2O6S. The minimum atomic E-state index is -3.51. The molecule has 8 nitrogen and oxygen atoms in total. The van der Waals surface area contributed by atoms with Gasteiger partial charge in [-0.05, 0) is 41.7 Å². The Morgan fingerprint density at radius 2 is 1.97 bits per heavy atom. The molecule has 1 fully saturated rings. The van der Waals surface area contributed by atoms with Gasteiger partial charge in [-0.2, -0.15) is 0 Å². The molecule has 4 rings (SSSR count). The highest BCUT2D eigenvalue weighted by molar-refractivity contribution is 7.93. The van der Waals surface area contributed by atoms with Gasteiger partial charge >= 0.3 is 5.97 Å². The molecule has 1 aromatic rings. The topological polar surface area (TPSA) is 115 Å². The van der Waals surface area contributed by atoms with Crippen LogP contribution in [0.1, 0.15) is 38.7 Å². The van der Waals surface area contributed by atoms with Crippen LogP contribution in [0, 0.1) is 11.7 Å². The van der Waals surface area contributed by atoms with Crippen LogP contribution in [0.3, 0.4) is 0 Å². The SMILES string of the molecule is CC(C)[C@@H](CO)N1C=C(C(=O)O)CC2=C1CC(=O)C(Cc1cc(N3CCCS3(=O)=O)cc(Cl)c1F)=C2. The molecule has 194 valence electrons. The van der Waals surface area contributed by atoms with Crippen LogP contribution >= 0.6 is 11.6 Å². The normalized spacial score (nSPS) is 20.4. The summed E-state index contributed by atoms with van der Waals surface area (Å²) in [7, 11) is -3.51. The first-order valence-corrected chi connectivity index (χ1v) is 13.7. The van der Waals surface area contributed by atoms with Crippen molar-refractivity contribution in [1.82, 2.24) is 4.90 Å². The van der Waals surface area contributed by atoms with Gasteiger partial charge in [-0.3, -0.25) is 9.10 Å². The number of ketones is 1. The van der Waals surface area contributed by atoms with E-state index >= 15 is 0 Å². The molecule has 0 radical (unpaired) electrons. The standard InChI is InChI=1S/C25H28ClFN2O6S/c1-14(2)22(13-30)28-12-18(25(32)33)7-15-6-16(23(31)11-21(15)28)8-17-9-19(10-20(26)24(17)27)29-4-3-5-36(29,34)35/h6,9-10,12,14,22,30H,3-5,7-8,11,13H2,1-2H3,(H,32,33)/t22-/m1/s1. The smallest absolute Gasteiger partial charge is 0.333 e. The van der Waals surface area contributed by atoms with E-state index in [0.29, 0.717) is 17.7 Å². The number of aliphatic carboxylic acids is 1. The number of carbonyl (C=O) groups excluding carboxylic acids is 1. The molecule has 1 saturated heterocycles. The van der Waals surface area contributed by atoms with E-state index in [1.807, 2.05) is 13.8 Å².